The molecule has 2 aromatic carbocycles. The lowest BCUT2D eigenvalue weighted by atomic mass is 10.1. The summed E-state index contributed by atoms with van der Waals surface area (Å²) in [4.78, 5) is 23.3. The van der Waals surface area contributed by atoms with Crippen molar-refractivity contribution in [3.63, 3.8) is 0 Å². The number of benzene rings is 2. The van der Waals surface area contributed by atoms with Crippen LogP contribution in [0.25, 0.3) is 10.8 Å². The first-order chi connectivity index (χ1) is 18.8. The number of hydrogen-bond donors (Lipinski definition) is 0. The molecular formula is C29H39ClN4O3S2. The highest BCUT2D eigenvalue weighted by molar-refractivity contribution is 7.91. The standard InChI is InChI=1S/C29H39ClN4O3S2/c1-3-5-12-31-29-34(13-6-4-2)26(22-38-29)21-32-14-16-33(17-15-32)28(35)11-18-39(36,37)27-10-8-23-19-25(30)9-7-24(23)20-27/h7-10,19-20,22H,3-6,11-18,21H2,1-2H3. The molecule has 1 saturated heterocycles. The predicted molar refractivity (Wildman–Crippen MR) is 160 cm³/mol. The van der Waals surface area contributed by atoms with Crippen LogP contribution in [0.3, 0.4) is 0 Å². The number of nitrogens with zero attached hydrogens (tertiary/aromatic N) is 4. The molecule has 0 saturated carbocycles. The Morgan fingerprint density at radius 2 is 1.72 bits per heavy atom. The lowest BCUT2D eigenvalue weighted by molar-refractivity contribution is -0.132. The van der Waals surface area contributed by atoms with Gasteiger partial charge in [0.05, 0.1) is 10.6 Å². The van der Waals surface area contributed by atoms with Crippen molar-refractivity contribution in [3.8, 4) is 0 Å². The van der Waals surface area contributed by atoms with Gasteiger partial charge < -0.3 is 9.47 Å². The normalized spacial score (nSPS) is 15.4. The molecule has 0 unspecified atom stereocenters. The molecule has 1 aliphatic heterocycles. The van der Waals surface area contributed by atoms with Crippen molar-refractivity contribution in [2.24, 2.45) is 4.99 Å². The van der Waals surface area contributed by atoms with Gasteiger partial charge in [0, 0.05) is 68.3 Å². The number of carbonyl (C=O) groups excluding carboxylic acids is 1. The highest BCUT2D eigenvalue weighted by Gasteiger charge is 2.24. The first-order valence-electron chi connectivity index (χ1n) is 13.9. The fourth-order valence-corrected chi connectivity index (χ4v) is 7.16. The number of amides is 1. The summed E-state index contributed by atoms with van der Waals surface area (Å²) in [5.74, 6) is -0.293. The quantitative estimate of drug-likeness (QED) is 0.266. The lowest BCUT2D eigenvalue weighted by Gasteiger charge is -2.34. The van der Waals surface area contributed by atoms with Gasteiger partial charge in [-0.25, -0.2) is 8.42 Å². The number of aromatic nitrogens is 1. The summed E-state index contributed by atoms with van der Waals surface area (Å²) in [5, 5.41) is 4.53. The third-order valence-electron chi connectivity index (χ3n) is 7.20. The van der Waals surface area contributed by atoms with Crippen LogP contribution in [0.4, 0.5) is 0 Å². The number of fused-ring (bicyclic) bond motifs is 1. The van der Waals surface area contributed by atoms with Crippen LogP contribution in [0.15, 0.2) is 51.7 Å². The monoisotopic (exact) mass is 590 g/mol. The van der Waals surface area contributed by atoms with E-state index in [1.807, 2.05) is 6.07 Å². The third-order valence-corrected chi connectivity index (χ3v) is 10.1. The van der Waals surface area contributed by atoms with E-state index in [2.05, 4.69) is 28.7 Å². The van der Waals surface area contributed by atoms with E-state index in [-0.39, 0.29) is 23.0 Å². The van der Waals surface area contributed by atoms with Crippen molar-refractivity contribution < 1.29 is 13.2 Å². The van der Waals surface area contributed by atoms with Crippen molar-refractivity contribution >= 4 is 49.5 Å². The van der Waals surface area contributed by atoms with Crippen molar-refractivity contribution in [1.82, 2.24) is 14.4 Å². The van der Waals surface area contributed by atoms with Gasteiger partial charge in [0.25, 0.3) is 0 Å². The molecule has 1 aliphatic rings. The van der Waals surface area contributed by atoms with Gasteiger partial charge in [-0.1, -0.05) is 50.4 Å². The van der Waals surface area contributed by atoms with Gasteiger partial charge in [0.2, 0.25) is 5.91 Å². The second-order valence-corrected chi connectivity index (χ2v) is 13.5. The number of sulfone groups is 1. The van der Waals surface area contributed by atoms with Crippen LogP contribution < -0.4 is 4.80 Å². The molecule has 1 fully saturated rings. The fourth-order valence-electron chi connectivity index (χ4n) is 4.77. The minimum atomic E-state index is -3.57. The molecule has 212 valence electrons. The average Bonchev–Trinajstić information content (AvgIpc) is 3.31. The summed E-state index contributed by atoms with van der Waals surface area (Å²) < 4.78 is 28.3. The van der Waals surface area contributed by atoms with E-state index in [1.54, 1.807) is 46.6 Å². The predicted octanol–water partition coefficient (Wildman–Crippen LogP) is 5.37. The van der Waals surface area contributed by atoms with Gasteiger partial charge in [-0.2, -0.15) is 0 Å². The van der Waals surface area contributed by atoms with Crippen molar-refractivity contribution in [1.29, 1.82) is 0 Å². The van der Waals surface area contributed by atoms with Crippen LogP contribution in [-0.2, 0) is 27.7 Å². The van der Waals surface area contributed by atoms with Gasteiger partial charge in [-0.15, -0.1) is 11.3 Å². The molecule has 0 aliphatic carbocycles. The number of thiazole rings is 1. The van der Waals surface area contributed by atoms with E-state index in [0.717, 1.165) is 74.0 Å². The van der Waals surface area contributed by atoms with Crippen LogP contribution in [0.2, 0.25) is 5.02 Å². The number of unbranched alkanes of at least 4 members (excludes halogenated alkanes) is 2. The topological polar surface area (TPSA) is 75.0 Å². The number of piperazine rings is 1. The second-order valence-electron chi connectivity index (χ2n) is 10.1. The molecule has 4 rings (SSSR count). The van der Waals surface area contributed by atoms with Crippen LogP contribution in [-0.4, -0.2) is 67.2 Å². The van der Waals surface area contributed by atoms with E-state index < -0.39 is 9.84 Å². The van der Waals surface area contributed by atoms with Crippen LogP contribution >= 0.6 is 22.9 Å². The summed E-state index contributed by atoms with van der Waals surface area (Å²) in [7, 11) is -3.57. The summed E-state index contributed by atoms with van der Waals surface area (Å²) in [6, 6.07) is 10.4. The van der Waals surface area contributed by atoms with E-state index >= 15 is 0 Å². The number of rotatable bonds is 12. The van der Waals surface area contributed by atoms with Gasteiger partial charge in [-0.3, -0.25) is 14.7 Å². The Labute approximate surface area is 241 Å². The maximum Gasteiger partial charge on any atom is 0.223 e. The van der Waals surface area contributed by atoms with Crippen molar-refractivity contribution in [2.45, 2.75) is 63.9 Å². The summed E-state index contributed by atoms with van der Waals surface area (Å²) in [6.07, 6.45) is 4.51. The summed E-state index contributed by atoms with van der Waals surface area (Å²) >= 11 is 7.76. The van der Waals surface area contributed by atoms with Gasteiger partial charge >= 0.3 is 0 Å². The SMILES string of the molecule is CCCCN=c1scc(CN2CCN(C(=O)CCS(=O)(=O)c3ccc4cc(Cl)ccc4c3)CC2)n1CCCC. The Kier molecular flexibility index (Phi) is 10.6. The molecular weight excluding hydrogens is 552 g/mol. The first-order valence-corrected chi connectivity index (χ1v) is 16.8. The maximum absolute atomic E-state index is 13.0. The Bertz CT molecular complexity index is 1440. The Morgan fingerprint density at radius 1 is 1.00 bits per heavy atom. The molecule has 10 heteroatoms. The molecule has 2 heterocycles. The van der Waals surface area contributed by atoms with E-state index in [4.69, 9.17) is 16.6 Å². The lowest BCUT2D eigenvalue weighted by Crippen LogP contribution is -2.48. The molecule has 0 bridgehead atoms. The van der Waals surface area contributed by atoms with Crippen LogP contribution in [0.1, 0.15) is 51.6 Å². The number of carbonyl (C=O) groups is 1. The van der Waals surface area contributed by atoms with E-state index in [9.17, 15) is 13.2 Å². The minimum Gasteiger partial charge on any atom is -0.340 e. The highest BCUT2D eigenvalue weighted by atomic mass is 35.5. The molecule has 0 atom stereocenters. The Morgan fingerprint density at radius 3 is 2.46 bits per heavy atom. The molecule has 1 aromatic heterocycles. The molecule has 7 nitrogen and oxygen atoms in total. The number of halogens is 1. The Hall–Kier alpha value is -2.20. The van der Waals surface area contributed by atoms with E-state index in [0.29, 0.717) is 18.1 Å². The molecule has 39 heavy (non-hydrogen) atoms. The smallest absolute Gasteiger partial charge is 0.223 e. The zero-order chi connectivity index (χ0) is 27.8. The van der Waals surface area contributed by atoms with Crippen molar-refractivity contribution in [2.75, 3.05) is 38.5 Å². The first kappa shape index (κ1) is 29.8. The zero-order valence-corrected chi connectivity index (χ0v) is 25.3. The van der Waals surface area contributed by atoms with Gasteiger partial charge in [0.1, 0.15) is 0 Å². The molecule has 0 N–H and O–H groups in total. The third kappa shape index (κ3) is 7.93. The highest BCUT2D eigenvalue weighted by Crippen LogP contribution is 2.23. The molecule has 3 aromatic rings. The number of hydrogen-bond acceptors (Lipinski definition) is 6. The fraction of sp³-hybridized carbons (Fsp3) is 0.517. The largest absolute Gasteiger partial charge is 0.340 e. The molecule has 1 amide bonds. The Balaban J connectivity index is 1.31. The average molecular weight is 591 g/mol. The molecule has 0 radical (unpaired) electrons. The zero-order valence-electron chi connectivity index (χ0n) is 22.9. The van der Waals surface area contributed by atoms with Crippen LogP contribution in [0, 0.1) is 0 Å². The molecule has 0 spiro atoms. The van der Waals surface area contributed by atoms with Gasteiger partial charge in [0.15, 0.2) is 14.6 Å². The minimum absolute atomic E-state index is 0.00877. The van der Waals surface area contributed by atoms with Crippen LogP contribution in [0.5, 0.6) is 0 Å². The summed E-state index contributed by atoms with van der Waals surface area (Å²) in [6.45, 7) is 9.87. The van der Waals surface area contributed by atoms with Gasteiger partial charge in [-0.05, 0) is 47.9 Å². The maximum atomic E-state index is 13.0. The van der Waals surface area contributed by atoms with E-state index in [1.165, 1.54) is 5.69 Å². The van der Waals surface area contributed by atoms with Crippen molar-refractivity contribution in [3.05, 3.63) is 57.3 Å². The second kappa shape index (κ2) is 13.9. The summed E-state index contributed by atoms with van der Waals surface area (Å²) in [5.41, 5.74) is 1.28.